The van der Waals surface area contributed by atoms with Crippen LogP contribution in [-0.2, 0) is 20.0 Å². The van der Waals surface area contributed by atoms with Crippen molar-refractivity contribution in [3.8, 4) is 5.75 Å². The number of alkyl halides is 3. The van der Waals surface area contributed by atoms with E-state index < -0.39 is 42.8 Å². The lowest BCUT2D eigenvalue weighted by molar-refractivity contribution is -0.0499. The van der Waals surface area contributed by atoms with Crippen molar-refractivity contribution in [3.63, 3.8) is 0 Å². The molecule has 12 heteroatoms. The van der Waals surface area contributed by atoms with Gasteiger partial charge < -0.3 is 9.08 Å². The molecule has 0 fully saturated rings. The molecule has 2 aromatic carbocycles. The van der Waals surface area contributed by atoms with Gasteiger partial charge in [-0.2, -0.15) is 21.6 Å². The smallest absolute Gasteiger partial charge is 0.375 e. The summed E-state index contributed by atoms with van der Waals surface area (Å²) in [4.78, 5) is 1.12. The van der Waals surface area contributed by atoms with E-state index in [1.807, 2.05) is 44.2 Å². The first-order valence-corrected chi connectivity index (χ1v) is 14.6. The number of fused-ring (bicyclic) bond motifs is 1. The van der Waals surface area contributed by atoms with E-state index >= 15 is 0 Å². The maximum Gasteiger partial charge on any atom is 0.534 e. The number of nitrogens with one attached hydrogen (secondary N) is 1. The Kier molecular flexibility index (Phi) is 8.02. The quantitative estimate of drug-likeness (QED) is 0.375. The van der Waals surface area contributed by atoms with Gasteiger partial charge in [-0.1, -0.05) is 57.0 Å². The van der Waals surface area contributed by atoms with Crippen molar-refractivity contribution in [2.24, 2.45) is 0 Å². The fourth-order valence-corrected chi connectivity index (χ4v) is 7.06. The molecule has 200 valence electrons. The van der Waals surface area contributed by atoms with E-state index in [1.165, 1.54) is 25.1 Å². The number of unbranched alkanes of at least 4 members (excludes halogenated alkanes) is 1. The summed E-state index contributed by atoms with van der Waals surface area (Å²) >= 11 is 0. The van der Waals surface area contributed by atoms with Gasteiger partial charge in [-0.15, -0.1) is 0 Å². The number of sulfone groups is 1. The molecule has 0 saturated carbocycles. The van der Waals surface area contributed by atoms with Crippen LogP contribution < -0.4 is 14.4 Å². The normalized spacial score (nSPS) is 21.9. The highest BCUT2D eigenvalue weighted by atomic mass is 32.2. The van der Waals surface area contributed by atoms with Crippen LogP contribution in [0.25, 0.3) is 0 Å². The second-order valence-corrected chi connectivity index (χ2v) is 12.7. The third kappa shape index (κ3) is 5.65. The first kappa shape index (κ1) is 28.3. The zero-order valence-electron chi connectivity index (χ0n) is 20.6. The van der Waals surface area contributed by atoms with Crippen LogP contribution >= 0.6 is 0 Å². The average molecular weight is 549 g/mol. The summed E-state index contributed by atoms with van der Waals surface area (Å²) in [6.07, 6.45) is 2.69. The second kappa shape index (κ2) is 10.2. The third-order valence-corrected chi connectivity index (χ3v) is 9.36. The van der Waals surface area contributed by atoms with E-state index in [1.54, 1.807) is 0 Å². The first-order chi connectivity index (χ1) is 16.7. The Morgan fingerprint density at radius 2 is 1.78 bits per heavy atom. The van der Waals surface area contributed by atoms with E-state index in [4.69, 9.17) is 0 Å². The molecule has 1 aliphatic rings. The van der Waals surface area contributed by atoms with Crippen LogP contribution in [0, 0.1) is 0 Å². The molecule has 0 amide bonds. The predicted octanol–water partition coefficient (Wildman–Crippen LogP) is 4.79. The topological polar surface area (TPSA) is 92.8 Å². The van der Waals surface area contributed by atoms with Crippen molar-refractivity contribution >= 4 is 25.6 Å². The lowest BCUT2D eigenvalue weighted by Gasteiger charge is -2.36. The summed E-state index contributed by atoms with van der Waals surface area (Å²) in [6.45, 7) is 3.90. The molecule has 2 atom stereocenters. The number of hydrogen-bond acceptors (Lipinski definition) is 7. The minimum Gasteiger partial charge on any atom is -0.375 e. The maximum absolute atomic E-state index is 13.7. The zero-order chi connectivity index (χ0) is 26.9. The highest BCUT2D eigenvalue weighted by Gasteiger charge is 2.49. The fourth-order valence-electron chi connectivity index (χ4n) is 4.46. The third-order valence-electron chi connectivity index (χ3n) is 6.44. The molecule has 0 aliphatic carbocycles. The Morgan fingerprint density at radius 3 is 2.31 bits per heavy atom. The van der Waals surface area contributed by atoms with Gasteiger partial charge in [0.05, 0.1) is 22.4 Å². The molecule has 1 N–H and O–H groups in total. The van der Waals surface area contributed by atoms with Gasteiger partial charge in [-0.25, -0.2) is 8.42 Å². The van der Waals surface area contributed by atoms with E-state index in [-0.39, 0.29) is 16.3 Å². The molecular formula is C24H31F3N2O5S2. The highest BCUT2D eigenvalue weighted by molar-refractivity contribution is 7.91. The van der Waals surface area contributed by atoms with Crippen molar-refractivity contribution in [1.29, 1.82) is 0 Å². The molecular weight excluding hydrogens is 517 g/mol. The SMILES string of the molecule is CCCC[C@]1(CC)CS(=O)(=O)c2cc(OS(=O)(=O)C(F)(F)F)c(N(C)C)cc2[C@@H](c2ccccc2)N1. The predicted molar refractivity (Wildman–Crippen MR) is 132 cm³/mol. The van der Waals surface area contributed by atoms with Gasteiger partial charge in [0.1, 0.15) is 0 Å². The first-order valence-electron chi connectivity index (χ1n) is 11.6. The van der Waals surface area contributed by atoms with Crippen LogP contribution in [0.3, 0.4) is 0 Å². The van der Waals surface area contributed by atoms with E-state index in [0.717, 1.165) is 24.5 Å². The molecule has 0 unspecified atom stereocenters. The molecule has 0 aromatic heterocycles. The van der Waals surface area contributed by atoms with Crippen LogP contribution in [0.5, 0.6) is 5.75 Å². The van der Waals surface area contributed by atoms with Crippen molar-refractivity contribution in [2.75, 3.05) is 24.7 Å². The second-order valence-electron chi connectivity index (χ2n) is 9.22. The maximum atomic E-state index is 13.7. The molecule has 0 saturated heterocycles. The number of benzene rings is 2. The molecule has 0 radical (unpaired) electrons. The van der Waals surface area contributed by atoms with Gasteiger partial charge in [0.2, 0.25) is 0 Å². The molecule has 7 nitrogen and oxygen atoms in total. The van der Waals surface area contributed by atoms with Crippen LogP contribution in [0.15, 0.2) is 47.4 Å². The van der Waals surface area contributed by atoms with Gasteiger partial charge in [0, 0.05) is 25.7 Å². The van der Waals surface area contributed by atoms with Crippen LogP contribution in [-0.4, -0.2) is 47.7 Å². The Hall–Kier alpha value is -2.31. The highest BCUT2D eigenvalue weighted by Crippen LogP contribution is 2.44. The van der Waals surface area contributed by atoms with Crippen LogP contribution in [0.2, 0.25) is 0 Å². The van der Waals surface area contributed by atoms with Gasteiger partial charge >= 0.3 is 15.6 Å². The Labute approximate surface area is 210 Å². The number of halogens is 3. The number of anilines is 1. The molecule has 0 spiro atoms. The van der Waals surface area contributed by atoms with Crippen molar-refractivity contribution in [1.82, 2.24) is 5.32 Å². The Morgan fingerprint density at radius 1 is 1.14 bits per heavy atom. The lowest BCUT2D eigenvalue weighted by Crippen LogP contribution is -2.50. The van der Waals surface area contributed by atoms with Crippen molar-refractivity contribution in [2.45, 2.75) is 61.5 Å². The molecule has 3 rings (SSSR count). The Bertz CT molecular complexity index is 1300. The van der Waals surface area contributed by atoms with Crippen molar-refractivity contribution < 1.29 is 34.2 Å². The molecule has 36 heavy (non-hydrogen) atoms. The van der Waals surface area contributed by atoms with Gasteiger partial charge in [0.15, 0.2) is 15.6 Å². The number of nitrogens with zero attached hydrogens (tertiary/aromatic N) is 1. The summed E-state index contributed by atoms with van der Waals surface area (Å²) in [6, 6.07) is 10.8. The molecule has 2 aromatic rings. The summed E-state index contributed by atoms with van der Waals surface area (Å²) < 4.78 is 94.9. The van der Waals surface area contributed by atoms with Crippen LogP contribution in [0.4, 0.5) is 18.9 Å². The fraction of sp³-hybridized carbons (Fsp3) is 0.500. The minimum absolute atomic E-state index is 0.00272. The van der Waals surface area contributed by atoms with E-state index in [2.05, 4.69) is 9.50 Å². The van der Waals surface area contributed by atoms with E-state index in [9.17, 15) is 30.0 Å². The van der Waals surface area contributed by atoms with Gasteiger partial charge in [0.25, 0.3) is 0 Å². The lowest BCUT2D eigenvalue weighted by atomic mass is 9.88. The van der Waals surface area contributed by atoms with Crippen LogP contribution in [0.1, 0.15) is 56.7 Å². The number of hydrogen-bond donors (Lipinski definition) is 1. The van der Waals surface area contributed by atoms with Gasteiger partial charge in [-0.05, 0) is 30.0 Å². The summed E-state index contributed by atoms with van der Waals surface area (Å²) in [7, 11) is -7.08. The number of rotatable bonds is 8. The summed E-state index contributed by atoms with van der Waals surface area (Å²) in [5.74, 6) is -0.997. The average Bonchev–Trinajstić information content (AvgIpc) is 2.89. The zero-order valence-corrected chi connectivity index (χ0v) is 22.2. The minimum atomic E-state index is -6.02. The van der Waals surface area contributed by atoms with Gasteiger partial charge in [-0.3, -0.25) is 5.32 Å². The van der Waals surface area contributed by atoms with E-state index in [0.29, 0.717) is 18.4 Å². The largest absolute Gasteiger partial charge is 0.534 e. The van der Waals surface area contributed by atoms with Crippen molar-refractivity contribution in [3.05, 3.63) is 53.6 Å². The summed E-state index contributed by atoms with van der Waals surface area (Å²) in [5.41, 5.74) is -5.39. The molecule has 1 heterocycles. The molecule has 0 bridgehead atoms. The molecule has 1 aliphatic heterocycles. The summed E-state index contributed by atoms with van der Waals surface area (Å²) in [5, 5.41) is 3.56. The standard InChI is InChI=1S/C24H31F3N2O5S2/c1-5-7-13-23(6-2)16-35(30,31)21-15-20(34-36(32,33)24(25,26)27)19(29(3)4)14-18(21)22(28-23)17-11-9-8-10-12-17/h8-12,14-15,22,28H,5-7,13,16H2,1-4H3/t22-,23-/m1/s1. The Balaban J connectivity index is 2.32. The monoisotopic (exact) mass is 548 g/mol.